The number of hydrogen-bond acceptors (Lipinski definition) is 3. The third-order valence-corrected chi connectivity index (χ3v) is 2.78. The van der Waals surface area contributed by atoms with E-state index in [1.54, 1.807) is 25.1 Å². The van der Waals surface area contributed by atoms with Crippen molar-refractivity contribution in [2.75, 3.05) is 6.61 Å². The van der Waals surface area contributed by atoms with Gasteiger partial charge in [0, 0.05) is 12.0 Å². The van der Waals surface area contributed by atoms with Gasteiger partial charge in [0.1, 0.15) is 12.4 Å². The molecule has 0 bridgehead atoms. The predicted octanol–water partition coefficient (Wildman–Crippen LogP) is 3.19. The molecule has 1 rings (SSSR count). The molecule has 0 heterocycles. The predicted molar refractivity (Wildman–Crippen MR) is 69.1 cm³/mol. The highest BCUT2D eigenvalue weighted by Gasteiger charge is 2.08. The topological polar surface area (TPSA) is 58.9 Å². The summed E-state index contributed by atoms with van der Waals surface area (Å²) in [4.78, 5) is 15.2. The third kappa shape index (κ3) is 4.44. The standard InChI is InChI=1S/C12H13BrFNO3/c1-8(15-18-7-3-6-11(16)17)9-4-2-5-10(13)12(9)14/h2,4-5H,3,6-7H2,1H3,(H,16,17). The first-order chi connectivity index (χ1) is 8.52. The van der Waals surface area contributed by atoms with E-state index in [0.29, 0.717) is 22.2 Å². The lowest BCUT2D eigenvalue weighted by molar-refractivity contribution is -0.137. The maximum absolute atomic E-state index is 13.7. The maximum Gasteiger partial charge on any atom is 0.303 e. The number of rotatable bonds is 6. The number of hydrogen-bond donors (Lipinski definition) is 1. The van der Waals surface area contributed by atoms with Crippen LogP contribution in [0.4, 0.5) is 4.39 Å². The van der Waals surface area contributed by atoms with Gasteiger partial charge in [0.25, 0.3) is 0 Å². The van der Waals surface area contributed by atoms with Gasteiger partial charge in [0.2, 0.25) is 0 Å². The molecule has 0 aliphatic rings. The number of carbonyl (C=O) groups is 1. The zero-order valence-corrected chi connectivity index (χ0v) is 11.4. The van der Waals surface area contributed by atoms with Crippen LogP contribution < -0.4 is 0 Å². The van der Waals surface area contributed by atoms with Gasteiger partial charge in [0.05, 0.1) is 10.2 Å². The second-order valence-electron chi connectivity index (χ2n) is 3.61. The first-order valence-corrected chi connectivity index (χ1v) is 6.14. The van der Waals surface area contributed by atoms with Crippen LogP contribution in [0.15, 0.2) is 27.8 Å². The molecule has 0 aliphatic carbocycles. The molecule has 0 saturated carbocycles. The van der Waals surface area contributed by atoms with Gasteiger partial charge >= 0.3 is 5.97 Å². The van der Waals surface area contributed by atoms with Gasteiger partial charge in [-0.1, -0.05) is 17.3 Å². The van der Waals surface area contributed by atoms with Gasteiger partial charge in [-0.25, -0.2) is 4.39 Å². The molecule has 0 atom stereocenters. The average molecular weight is 318 g/mol. The van der Waals surface area contributed by atoms with Crippen LogP contribution in [-0.2, 0) is 9.63 Å². The van der Waals surface area contributed by atoms with Crippen molar-refractivity contribution < 1.29 is 19.1 Å². The average Bonchev–Trinajstić information content (AvgIpc) is 2.31. The van der Waals surface area contributed by atoms with Gasteiger partial charge in [-0.3, -0.25) is 4.79 Å². The van der Waals surface area contributed by atoms with Crippen LogP contribution in [0.3, 0.4) is 0 Å². The minimum absolute atomic E-state index is 0.0276. The lowest BCUT2D eigenvalue weighted by Crippen LogP contribution is -2.02. The minimum atomic E-state index is -0.877. The zero-order valence-electron chi connectivity index (χ0n) is 9.82. The summed E-state index contributed by atoms with van der Waals surface area (Å²) in [5.41, 5.74) is 0.756. The molecule has 0 fully saturated rings. The van der Waals surface area contributed by atoms with Gasteiger partial charge in [0.15, 0.2) is 0 Å². The number of oxime groups is 1. The Morgan fingerprint density at radius 2 is 2.28 bits per heavy atom. The second-order valence-corrected chi connectivity index (χ2v) is 4.46. The number of halogens is 2. The van der Waals surface area contributed by atoms with Gasteiger partial charge < -0.3 is 9.94 Å². The van der Waals surface area contributed by atoms with Gasteiger partial charge in [-0.15, -0.1) is 0 Å². The minimum Gasteiger partial charge on any atom is -0.481 e. The number of carboxylic acid groups (broad SMARTS) is 1. The van der Waals surface area contributed by atoms with E-state index in [2.05, 4.69) is 21.1 Å². The molecule has 0 amide bonds. The number of benzene rings is 1. The van der Waals surface area contributed by atoms with Crippen LogP contribution >= 0.6 is 15.9 Å². The molecule has 0 saturated heterocycles. The fourth-order valence-corrected chi connectivity index (χ4v) is 1.63. The fraction of sp³-hybridized carbons (Fsp3) is 0.333. The van der Waals surface area contributed by atoms with Crippen molar-refractivity contribution in [3.8, 4) is 0 Å². The fourth-order valence-electron chi connectivity index (χ4n) is 1.26. The molecule has 1 N–H and O–H groups in total. The van der Waals surface area contributed by atoms with Crippen LogP contribution in [0.2, 0.25) is 0 Å². The number of carboxylic acids is 1. The SMILES string of the molecule is CC(=NOCCCC(=O)O)c1cccc(Br)c1F. The molecule has 0 radical (unpaired) electrons. The van der Waals surface area contributed by atoms with Crippen molar-refractivity contribution in [3.05, 3.63) is 34.1 Å². The highest BCUT2D eigenvalue weighted by molar-refractivity contribution is 9.10. The quantitative estimate of drug-likeness (QED) is 0.498. The molecule has 98 valence electrons. The first kappa shape index (κ1) is 14.6. The Kier molecular flexibility index (Phi) is 5.77. The van der Waals surface area contributed by atoms with E-state index in [9.17, 15) is 9.18 Å². The normalized spacial score (nSPS) is 11.4. The van der Waals surface area contributed by atoms with E-state index >= 15 is 0 Å². The van der Waals surface area contributed by atoms with Crippen LogP contribution in [-0.4, -0.2) is 23.4 Å². The Bertz CT molecular complexity index is 463. The summed E-state index contributed by atoms with van der Waals surface area (Å²) < 4.78 is 14.0. The summed E-state index contributed by atoms with van der Waals surface area (Å²) in [6.45, 7) is 1.82. The van der Waals surface area contributed by atoms with E-state index in [1.807, 2.05) is 0 Å². The van der Waals surface area contributed by atoms with Crippen molar-refractivity contribution in [1.82, 2.24) is 0 Å². The third-order valence-electron chi connectivity index (χ3n) is 2.17. The molecule has 6 heteroatoms. The van der Waals surface area contributed by atoms with Crippen LogP contribution in [0.1, 0.15) is 25.3 Å². The van der Waals surface area contributed by atoms with Crippen molar-refractivity contribution >= 4 is 27.6 Å². The van der Waals surface area contributed by atoms with E-state index in [1.165, 1.54) is 0 Å². The van der Waals surface area contributed by atoms with Crippen LogP contribution in [0, 0.1) is 5.82 Å². The number of nitrogens with zero attached hydrogens (tertiary/aromatic N) is 1. The van der Waals surface area contributed by atoms with E-state index in [-0.39, 0.29) is 13.0 Å². The molecule has 0 spiro atoms. The Labute approximate surface area is 113 Å². The zero-order chi connectivity index (χ0) is 13.5. The smallest absolute Gasteiger partial charge is 0.303 e. The highest BCUT2D eigenvalue weighted by atomic mass is 79.9. The molecule has 18 heavy (non-hydrogen) atoms. The van der Waals surface area contributed by atoms with Crippen molar-refractivity contribution in [1.29, 1.82) is 0 Å². The molecule has 0 unspecified atom stereocenters. The molecular weight excluding hydrogens is 305 g/mol. The molecule has 0 aliphatic heterocycles. The lowest BCUT2D eigenvalue weighted by Gasteiger charge is -2.04. The largest absolute Gasteiger partial charge is 0.481 e. The van der Waals surface area contributed by atoms with Crippen LogP contribution in [0.25, 0.3) is 0 Å². The monoisotopic (exact) mass is 317 g/mol. The summed E-state index contributed by atoms with van der Waals surface area (Å²) >= 11 is 3.09. The molecule has 4 nitrogen and oxygen atoms in total. The van der Waals surface area contributed by atoms with E-state index < -0.39 is 11.8 Å². The van der Waals surface area contributed by atoms with Crippen LogP contribution in [0.5, 0.6) is 0 Å². The molecule has 1 aromatic carbocycles. The maximum atomic E-state index is 13.7. The Morgan fingerprint density at radius 1 is 1.56 bits per heavy atom. The molecular formula is C12H13BrFNO3. The molecule has 1 aromatic rings. The summed E-state index contributed by atoms with van der Waals surface area (Å²) in [5.74, 6) is -1.27. The summed E-state index contributed by atoms with van der Waals surface area (Å²) in [6.07, 6.45) is 0.396. The van der Waals surface area contributed by atoms with Crippen molar-refractivity contribution in [3.63, 3.8) is 0 Å². The lowest BCUT2D eigenvalue weighted by atomic mass is 10.1. The van der Waals surface area contributed by atoms with E-state index in [0.717, 1.165) is 0 Å². The Balaban J connectivity index is 2.55. The highest BCUT2D eigenvalue weighted by Crippen LogP contribution is 2.19. The Morgan fingerprint density at radius 3 is 2.94 bits per heavy atom. The summed E-state index contributed by atoms with van der Waals surface area (Å²) in [7, 11) is 0. The van der Waals surface area contributed by atoms with Gasteiger partial charge in [-0.05, 0) is 35.3 Å². The Hall–Kier alpha value is -1.43. The van der Waals surface area contributed by atoms with Crippen molar-refractivity contribution in [2.45, 2.75) is 19.8 Å². The second kappa shape index (κ2) is 7.10. The summed E-state index contributed by atoms with van der Waals surface area (Å²) in [5, 5.41) is 12.2. The first-order valence-electron chi connectivity index (χ1n) is 5.35. The number of aliphatic carboxylic acids is 1. The summed E-state index contributed by atoms with van der Waals surface area (Å²) in [6, 6.07) is 4.89. The van der Waals surface area contributed by atoms with E-state index in [4.69, 9.17) is 9.94 Å². The van der Waals surface area contributed by atoms with Crippen molar-refractivity contribution in [2.24, 2.45) is 5.16 Å². The van der Waals surface area contributed by atoms with Gasteiger partial charge in [-0.2, -0.15) is 0 Å². The molecule has 0 aromatic heterocycles.